The van der Waals surface area contributed by atoms with Gasteiger partial charge in [-0.3, -0.25) is 0 Å². The fourth-order valence-corrected chi connectivity index (χ4v) is 6.29. The number of nitrogens with one attached hydrogen (secondary N) is 1. The Morgan fingerprint density at radius 1 is 0.488 bits per heavy atom. The third-order valence-electron chi connectivity index (χ3n) is 8.20. The van der Waals surface area contributed by atoms with Crippen LogP contribution in [-0.2, 0) is 0 Å². The molecule has 7 rings (SSSR count). The number of hydrogen-bond donors (Lipinski definition) is 1. The summed E-state index contributed by atoms with van der Waals surface area (Å²) < 4.78 is 0. The topological polar surface area (TPSA) is 23.9 Å². The normalized spacial score (nSPS) is 11.5. The first-order valence-electron chi connectivity index (χ1n) is 14.6. The summed E-state index contributed by atoms with van der Waals surface area (Å²) >= 11 is 0. The Morgan fingerprint density at radius 3 is 1.60 bits per heavy atom. The zero-order chi connectivity index (χ0) is 29.3. The lowest BCUT2D eigenvalue weighted by Gasteiger charge is -2.19. The van der Waals surface area contributed by atoms with Crippen LogP contribution in [0.3, 0.4) is 0 Å². The van der Waals surface area contributed by atoms with Crippen molar-refractivity contribution in [2.24, 2.45) is 0 Å². The first-order chi connectivity index (χ1) is 21.1. The van der Waals surface area contributed by atoms with E-state index in [2.05, 4.69) is 140 Å². The molecule has 0 unspecified atom stereocenters. The van der Waals surface area contributed by atoms with Crippen LogP contribution in [0, 0.1) is 5.41 Å². The molecule has 0 aromatic heterocycles. The fraction of sp³-hybridized carbons (Fsp3) is 0.0238. The van der Waals surface area contributed by atoms with Crippen molar-refractivity contribution in [2.75, 3.05) is 0 Å². The van der Waals surface area contributed by atoms with E-state index in [0.29, 0.717) is 5.71 Å². The van der Waals surface area contributed by atoms with Gasteiger partial charge in [0, 0.05) is 0 Å². The van der Waals surface area contributed by atoms with Crippen molar-refractivity contribution in [1.29, 1.82) is 5.41 Å². The number of hydrogen-bond acceptors (Lipinski definition) is 1. The van der Waals surface area contributed by atoms with E-state index in [1.165, 1.54) is 60.1 Å². The average molecular weight is 550 g/mol. The maximum atomic E-state index is 8.68. The highest BCUT2D eigenvalue weighted by Gasteiger charge is 2.18. The molecule has 0 saturated heterocycles. The Balaban J connectivity index is 1.52. The van der Waals surface area contributed by atoms with Crippen molar-refractivity contribution < 1.29 is 0 Å². The summed E-state index contributed by atoms with van der Waals surface area (Å²) in [5.41, 5.74) is 9.53. The molecule has 1 N–H and O–H groups in total. The summed E-state index contributed by atoms with van der Waals surface area (Å²) in [5, 5.41) is 16.0. The number of allylic oxidation sites excluding steroid dienone is 3. The number of fused-ring (bicyclic) bond motifs is 3. The SMILES string of the molecule is C=C(C)/C=C\C(=N)c1cccc(-c2c3ccccc3c(-c3cccc4c(-c5ccccc5)cccc34)c3ccccc23)c1. The van der Waals surface area contributed by atoms with E-state index in [1.807, 2.05) is 25.1 Å². The molecule has 0 fully saturated rings. The zero-order valence-corrected chi connectivity index (χ0v) is 24.1. The summed E-state index contributed by atoms with van der Waals surface area (Å²) in [4.78, 5) is 0. The molecule has 0 saturated carbocycles. The van der Waals surface area contributed by atoms with Crippen molar-refractivity contribution in [3.8, 4) is 33.4 Å². The van der Waals surface area contributed by atoms with Crippen LogP contribution in [0.2, 0.25) is 0 Å². The molecular weight excluding hydrogens is 518 g/mol. The van der Waals surface area contributed by atoms with Crippen LogP contribution < -0.4 is 0 Å². The molecule has 0 radical (unpaired) electrons. The third kappa shape index (κ3) is 4.75. The van der Waals surface area contributed by atoms with Crippen LogP contribution in [0.5, 0.6) is 0 Å². The molecule has 43 heavy (non-hydrogen) atoms. The van der Waals surface area contributed by atoms with E-state index in [1.54, 1.807) is 0 Å². The molecule has 7 aromatic rings. The number of rotatable bonds is 6. The van der Waals surface area contributed by atoms with Gasteiger partial charge in [0.25, 0.3) is 0 Å². The van der Waals surface area contributed by atoms with Crippen molar-refractivity contribution in [3.63, 3.8) is 0 Å². The predicted molar refractivity (Wildman–Crippen MR) is 186 cm³/mol. The maximum absolute atomic E-state index is 8.68. The van der Waals surface area contributed by atoms with Crippen LogP contribution >= 0.6 is 0 Å². The monoisotopic (exact) mass is 549 g/mol. The summed E-state index contributed by atoms with van der Waals surface area (Å²) in [6.07, 6.45) is 3.72. The molecule has 0 heterocycles. The van der Waals surface area contributed by atoms with Crippen LogP contribution in [0.4, 0.5) is 0 Å². The van der Waals surface area contributed by atoms with E-state index in [9.17, 15) is 0 Å². The average Bonchev–Trinajstić information content (AvgIpc) is 3.06. The molecular formula is C42H31N. The van der Waals surface area contributed by atoms with Gasteiger partial charge in [-0.2, -0.15) is 0 Å². The molecule has 0 aliphatic heterocycles. The van der Waals surface area contributed by atoms with Gasteiger partial charge in [-0.1, -0.05) is 152 Å². The Labute approximate surface area is 252 Å². The van der Waals surface area contributed by atoms with Crippen LogP contribution in [0.15, 0.2) is 164 Å². The van der Waals surface area contributed by atoms with Crippen LogP contribution in [0.1, 0.15) is 12.5 Å². The standard InChI is InChI=1S/C42H31N/c1-28(2)25-26-40(43)30-15-10-16-31(27-30)41-36-17-6-8-19-38(36)42(39-20-9-7-18-37(39)41)35-24-12-22-33-32(21-11-23-34(33)35)29-13-4-3-5-14-29/h3-27,43H,1H2,2H3/b26-25-,43-40?. The molecule has 0 amide bonds. The van der Waals surface area contributed by atoms with Crippen molar-refractivity contribution >= 4 is 38.0 Å². The molecule has 204 valence electrons. The Morgan fingerprint density at radius 2 is 0.977 bits per heavy atom. The van der Waals surface area contributed by atoms with E-state index in [0.717, 1.165) is 16.7 Å². The Hall–Kier alpha value is -5.53. The van der Waals surface area contributed by atoms with Gasteiger partial charge in [-0.05, 0) is 90.3 Å². The highest BCUT2D eigenvalue weighted by Crippen LogP contribution is 2.46. The van der Waals surface area contributed by atoms with E-state index in [-0.39, 0.29) is 0 Å². The summed E-state index contributed by atoms with van der Waals surface area (Å²) in [7, 11) is 0. The molecule has 7 aromatic carbocycles. The molecule has 0 atom stereocenters. The maximum Gasteiger partial charge on any atom is 0.0612 e. The van der Waals surface area contributed by atoms with Gasteiger partial charge < -0.3 is 5.41 Å². The smallest absolute Gasteiger partial charge is 0.0612 e. The van der Waals surface area contributed by atoms with E-state index in [4.69, 9.17) is 5.41 Å². The van der Waals surface area contributed by atoms with Crippen molar-refractivity contribution in [1.82, 2.24) is 0 Å². The van der Waals surface area contributed by atoms with Gasteiger partial charge >= 0.3 is 0 Å². The Kier molecular flexibility index (Phi) is 6.77. The van der Waals surface area contributed by atoms with Crippen LogP contribution in [-0.4, -0.2) is 5.71 Å². The molecule has 0 aliphatic rings. The Bertz CT molecular complexity index is 2160. The largest absolute Gasteiger partial charge is 0.300 e. The molecule has 1 nitrogen and oxygen atoms in total. The zero-order valence-electron chi connectivity index (χ0n) is 24.1. The molecule has 0 aliphatic carbocycles. The molecule has 0 spiro atoms. The second kappa shape index (κ2) is 11.0. The highest BCUT2D eigenvalue weighted by molar-refractivity contribution is 6.24. The molecule has 1 heteroatoms. The van der Waals surface area contributed by atoms with Crippen LogP contribution in [0.25, 0.3) is 65.7 Å². The van der Waals surface area contributed by atoms with E-state index < -0.39 is 0 Å². The quantitative estimate of drug-likeness (QED) is 0.121. The third-order valence-corrected chi connectivity index (χ3v) is 8.20. The van der Waals surface area contributed by atoms with Gasteiger partial charge in [0.15, 0.2) is 0 Å². The summed E-state index contributed by atoms with van der Waals surface area (Å²) in [6.45, 7) is 5.89. The van der Waals surface area contributed by atoms with Crippen molar-refractivity contribution in [3.05, 3.63) is 169 Å². The minimum Gasteiger partial charge on any atom is -0.300 e. The second-order valence-corrected chi connectivity index (χ2v) is 11.1. The lowest BCUT2D eigenvalue weighted by molar-refractivity contribution is 1.48. The lowest BCUT2D eigenvalue weighted by Crippen LogP contribution is -1.96. The predicted octanol–water partition coefficient (Wildman–Crippen LogP) is 11.6. The minimum absolute atomic E-state index is 0.472. The van der Waals surface area contributed by atoms with Gasteiger partial charge in [-0.25, -0.2) is 0 Å². The second-order valence-electron chi connectivity index (χ2n) is 11.1. The minimum atomic E-state index is 0.472. The van der Waals surface area contributed by atoms with Gasteiger partial charge in [0.1, 0.15) is 0 Å². The summed E-state index contributed by atoms with van der Waals surface area (Å²) in [5.74, 6) is 0. The van der Waals surface area contributed by atoms with E-state index >= 15 is 0 Å². The first kappa shape index (κ1) is 26.4. The van der Waals surface area contributed by atoms with Gasteiger partial charge in [0.05, 0.1) is 5.71 Å². The van der Waals surface area contributed by atoms with Crippen molar-refractivity contribution in [2.45, 2.75) is 6.92 Å². The lowest BCUT2D eigenvalue weighted by atomic mass is 9.84. The summed E-state index contributed by atoms with van der Waals surface area (Å²) in [6, 6.07) is 49.9. The first-order valence-corrected chi connectivity index (χ1v) is 14.6. The fourth-order valence-electron chi connectivity index (χ4n) is 6.29. The van der Waals surface area contributed by atoms with Gasteiger partial charge in [-0.15, -0.1) is 0 Å². The highest BCUT2D eigenvalue weighted by atomic mass is 14.4. The molecule has 0 bridgehead atoms. The number of benzene rings is 7. The van der Waals surface area contributed by atoms with Gasteiger partial charge in [0.2, 0.25) is 0 Å².